The van der Waals surface area contributed by atoms with Gasteiger partial charge in [-0.1, -0.05) is 12.1 Å². The van der Waals surface area contributed by atoms with Crippen molar-refractivity contribution in [3.63, 3.8) is 0 Å². The number of rotatable bonds is 7. The summed E-state index contributed by atoms with van der Waals surface area (Å²) in [6.07, 6.45) is 1.97. The van der Waals surface area contributed by atoms with Crippen LogP contribution in [0.2, 0.25) is 0 Å². The van der Waals surface area contributed by atoms with Crippen molar-refractivity contribution in [2.45, 2.75) is 39.3 Å². The number of carbonyl (C=O) groups is 2. The van der Waals surface area contributed by atoms with Crippen molar-refractivity contribution >= 4 is 28.5 Å². The molecule has 5 rings (SSSR count). The number of fused-ring (bicyclic) bond motifs is 1. The molecule has 194 valence electrons. The van der Waals surface area contributed by atoms with Crippen LogP contribution in [0.1, 0.15) is 41.3 Å². The highest BCUT2D eigenvalue weighted by atomic mass is 16.5. The third kappa shape index (κ3) is 5.33. The zero-order chi connectivity index (χ0) is 26.1. The molecule has 2 fully saturated rings. The fourth-order valence-electron chi connectivity index (χ4n) is 4.97. The number of aryl methyl sites for hydroxylation is 1. The van der Waals surface area contributed by atoms with Crippen molar-refractivity contribution < 1.29 is 19.1 Å². The highest BCUT2D eigenvalue weighted by Gasteiger charge is 2.35. The number of amides is 2. The molecule has 8 nitrogen and oxygen atoms in total. The number of nitrogens with zero attached hydrogens (tertiary/aromatic N) is 4. The monoisotopic (exact) mass is 502 g/mol. The largest absolute Gasteiger partial charge is 0.497 e. The van der Waals surface area contributed by atoms with Crippen LogP contribution in [0.4, 0.5) is 5.82 Å². The third-order valence-electron chi connectivity index (χ3n) is 7.24. The van der Waals surface area contributed by atoms with Crippen LogP contribution in [0, 0.1) is 6.92 Å². The summed E-state index contributed by atoms with van der Waals surface area (Å²) in [5, 5.41) is 1.05. The van der Waals surface area contributed by atoms with Gasteiger partial charge in [-0.05, 0) is 49.6 Å². The predicted molar refractivity (Wildman–Crippen MR) is 143 cm³/mol. The molecule has 2 amide bonds. The first-order valence-corrected chi connectivity index (χ1v) is 12.8. The van der Waals surface area contributed by atoms with Crippen LogP contribution in [-0.2, 0) is 11.3 Å². The molecule has 8 heteroatoms. The number of anilines is 1. The molecule has 0 N–H and O–H groups in total. The van der Waals surface area contributed by atoms with Gasteiger partial charge in [0.25, 0.3) is 5.91 Å². The minimum Gasteiger partial charge on any atom is -0.497 e. The number of hydrogen-bond acceptors (Lipinski definition) is 6. The van der Waals surface area contributed by atoms with Crippen molar-refractivity contribution in [1.82, 2.24) is 14.8 Å². The van der Waals surface area contributed by atoms with E-state index in [0.717, 1.165) is 40.7 Å². The number of methoxy groups -OCH3 is 2. The number of ether oxygens (including phenoxy) is 2. The van der Waals surface area contributed by atoms with Gasteiger partial charge >= 0.3 is 0 Å². The Morgan fingerprint density at radius 3 is 2.24 bits per heavy atom. The molecule has 2 heterocycles. The highest BCUT2D eigenvalue weighted by Crippen LogP contribution is 2.34. The van der Waals surface area contributed by atoms with E-state index in [1.807, 2.05) is 9.80 Å². The number of aromatic nitrogens is 1. The minimum absolute atomic E-state index is 0.0453. The Morgan fingerprint density at radius 2 is 1.65 bits per heavy atom. The molecule has 0 radical (unpaired) electrons. The summed E-state index contributed by atoms with van der Waals surface area (Å²) in [5.41, 5.74) is 3.66. The maximum atomic E-state index is 13.8. The van der Waals surface area contributed by atoms with E-state index in [1.165, 1.54) is 0 Å². The summed E-state index contributed by atoms with van der Waals surface area (Å²) in [5.74, 6) is 2.12. The van der Waals surface area contributed by atoms with Crippen LogP contribution in [0.3, 0.4) is 0 Å². The van der Waals surface area contributed by atoms with Crippen molar-refractivity contribution in [3.05, 3.63) is 59.2 Å². The van der Waals surface area contributed by atoms with Crippen LogP contribution in [0.25, 0.3) is 10.9 Å². The second-order valence-corrected chi connectivity index (χ2v) is 9.93. The van der Waals surface area contributed by atoms with Gasteiger partial charge in [0, 0.05) is 68.3 Å². The summed E-state index contributed by atoms with van der Waals surface area (Å²) in [6, 6.07) is 13.9. The standard InChI is InChI=1S/C29H34N4O4/c1-19-5-6-21-14-23(28(30-27(21)13-19)32-11-9-31(10-12-32)20(2)34)18-33(24-7-8-24)29(35)22-15-25(36-3)17-26(16-22)37-4/h5-6,13-17,24H,7-12,18H2,1-4H3. The number of piperazine rings is 1. The van der Waals surface area contributed by atoms with Crippen molar-refractivity contribution in [1.29, 1.82) is 0 Å². The molecule has 1 aliphatic heterocycles. The third-order valence-corrected chi connectivity index (χ3v) is 7.24. The minimum atomic E-state index is -0.0453. The predicted octanol–water partition coefficient (Wildman–Crippen LogP) is 4.03. The number of hydrogen-bond donors (Lipinski definition) is 0. The average molecular weight is 503 g/mol. The first-order valence-electron chi connectivity index (χ1n) is 12.8. The molecule has 1 saturated carbocycles. The molecule has 2 aromatic carbocycles. The first kappa shape index (κ1) is 24.9. The molecule has 0 unspecified atom stereocenters. The zero-order valence-electron chi connectivity index (χ0n) is 22.0. The Labute approximate surface area is 217 Å². The van der Waals surface area contributed by atoms with E-state index in [-0.39, 0.29) is 17.9 Å². The average Bonchev–Trinajstić information content (AvgIpc) is 3.76. The lowest BCUT2D eigenvalue weighted by Crippen LogP contribution is -2.48. The lowest BCUT2D eigenvalue weighted by atomic mass is 10.1. The molecule has 0 spiro atoms. The molecular formula is C29H34N4O4. The van der Waals surface area contributed by atoms with E-state index in [1.54, 1.807) is 39.3 Å². The maximum Gasteiger partial charge on any atom is 0.254 e. The zero-order valence-corrected chi connectivity index (χ0v) is 22.0. The van der Waals surface area contributed by atoms with Crippen LogP contribution in [0.15, 0.2) is 42.5 Å². The number of benzene rings is 2. The second-order valence-electron chi connectivity index (χ2n) is 9.93. The van der Waals surface area contributed by atoms with Gasteiger partial charge in [0.1, 0.15) is 17.3 Å². The van der Waals surface area contributed by atoms with Gasteiger partial charge in [0.05, 0.1) is 19.7 Å². The van der Waals surface area contributed by atoms with Gasteiger partial charge in [0.15, 0.2) is 0 Å². The van der Waals surface area contributed by atoms with E-state index < -0.39 is 0 Å². The van der Waals surface area contributed by atoms with Gasteiger partial charge in [-0.3, -0.25) is 9.59 Å². The Hall–Kier alpha value is -3.81. The summed E-state index contributed by atoms with van der Waals surface area (Å²) in [7, 11) is 3.17. The molecule has 1 aromatic heterocycles. The Bertz CT molecular complexity index is 1310. The smallest absolute Gasteiger partial charge is 0.254 e. The SMILES string of the molecule is COc1cc(OC)cc(C(=O)N(Cc2cc3ccc(C)cc3nc2N2CCN(C(C)=O)CC2)C2CC2)c1. The van der Waals surface area contributed by atoms with Crippen LogP contribution < -0.4 is 14.4 Å². The van der Waals surface area contributed by atoms with E-state index in [9.17, 15) is 9.59 Å². The molecule has 0 bridgehead atoms. The summed E-state index contributed by atoms with van der Waals surface area (Å²) in [6.45, 7) is 6.89. The summed E-state index contributed by atoms with van der Waals surface area (Å²) in [4.78, 5) is 36.9. The van der Waals surface area contributed by atoms with Crippen molar-refractivity contribution in [2.75, 3.05) is 45.3 Å². The normalized spacial score (nSPS) is 15.6. The van der Waals surface area contributed by atoms with Crippen molar-refractivity contribution in [2.24, 2.45) is 0 Å². The van der Waals surface area contributed by atoms with Gasteiger partial charge in [0.2, 0.25) is 5.91 Å². The number of pyridine rings is 1. The molecule has 3 aromatic rings. The number of carbonyl (C=O) groups excluding carboxylic acids is 2. The molecule has 2 aliphatic rings. The van der Waals surface area contributed by atoms with E-state index in [4.69, 9.17) is 14.5 Å². The topological polar surface area (TPSA) is 75.2 Å². The summed E-state index contributed by atoms with van der Waals surface area (Å²) >= 11 is 0. The fraction of sp³-hybridized carbons (Fsp3) is 0.414. The van der Waals surface area contributed by atoms with E-state index in [2.05, 4.69) is 36.1 Å². The van der Waals surface area contributed by atoms with Gasteiger partial charge < -0.3 is 24.2 Å². The van der Waals surface area contributed by atoms with Gasteiger partial charge in [-0.25, -0.2) is 4.98 Å². The van der Waals surface area contributed by atoms with E-state index in [0.29, 0.717) is 49.8 Å². The van der Waals surface area contributed by atoms with Crippen LogP contribution >= 0.6 is 0 Å². The maximum absolute atomic E-state index is 13.8. The first-order chi connectivity index (χ1) is 17.9. The van der Waals surface area contributed by atoms with Crippen LogP contribution in [-0.4, -0.2) is 73.0 Å². The van der Waals surface area contributed by atoms with E-state index >= 15 is 0 Å². The lowest BCUT2D eigenvalue weighted by molar-refractivity contribution is -0.129. The van der Waals surface area contributed by atoms with Crippen LogP contribution in [0.5, 0.6) is 11.5 Å². The molecule has 0 atom stereocenters. The summed E-state index contributed by atoms with van der Waals surface area (Å²) < 4.78 is 10.8. The Morgan fingerprint density at radius 1 is 0.973 bits per heavy atom. The Balaban J connectivity index is 1.51. The molecule has 1 saturated heterocycles. The molecule has 1 aliphatic carbocycles. The highest BCUT2D eigenvalue weighted by molar-refractivity contribution is 5.95. The second kappa shape index (κ2) is 10.3. The fourth-order valence-corrected chi connectivity index (χ4v) is 4.97. The van der Waals surface area contributed by atoms with Crippen molar-refractivity contribution in [3.8, 4) is 11.5 Å². The lowest BCUT2D eigenvalue weighted by Gasteiger charge is -2.36. The molecular weight excluding hydrogens is 468 g/mol. The van der Waals surface area contributed by atoms with Gasteiger partial charge in [-0.2, -0.15) is 0 Å². The van der Waals surface area contributed by atoms with Gasteiger partial charge in [-0.15, -0.1) is 0 Å². The molecule has 37 heavy (non-hydrogen) atoms. The Kier molecular flexibility index (Phi) is 6.91. The quantitative estimate of drug-likeness (QED) is 0.486.